The van der Waals surface area contributed by atoms with Gasteiger partial charge in [-0.2, -0.15) is 0 Å². The van der Waals surface area contributed by atoms with E-state index in [0.29, 0.717) is 28.1 Å². The van der Waals surface area contributed by atoms with Crippen molar-refractivity contribution in [3.63, 3.8) is 0 Å². The van der Waals surface area contributed by atoms with Crippen molar-refractivity contribution in [2.45, 2.75) is 20.3 Å². The fourth-order valence-electron chi connectivity index (χ4n) is 3.21. The van der Waals surface area contributed by atoms with Gasteiger partial charge in [0, 0.05) is 18.9 Å². The Kier molecular flexibility index (Phi) is 4.03. The van der Waals surface area contributed by atoms with E-state index in [1.54, 1.807) is 29.9 Å². The molecule has 0 aliphatic carbocycles. The number of fused-ring (bicyclic) bond motifs is 2. The SMILES string of the molecule is CCc1ccc(NC(=O)c2cc3c(=O)n4cc(C)ccc4nc3n2C)cc1. The third-order valence-corrected chi connectivity index (χ3v) is 4.80. The Bertz CT molecular complexity index is 1230. The van der Waals surface area contributed by atoms with Crippen molar-refractivity contribution in [3.05, 3.63) is 75.8 Å². The number of anilines is 1. The average Bonchev–Trinajstić information content (AvgIpc) is 3.00. The van der Waals surface area contributed by atoms with Gasteiger partial charge in [-0.25, -0.2) is 4.98 Å². The molecule has 0 saturated heterocycles. The average molecular weight is 360 g/mol. The summed E-state index contributed by atoms with van der Waals surface area (Å²) in [7, 11) is 1.74. The first-order valence-electron chi connectivity index (χ1n) is 8.86. The smallest absolute Gasteiger partial charge is 0.272 e. The maximum Gasteiger partial charge on any atom is 0.272 e. The van der Waals surface area contributed by atoms with Crippen molar-refractivity contribution in [1.82, 2.24) is 14.0 Å². The topological polar surface area (TPSA) is 68.4 Å². The summed E-state index contributed by atoms with van der Waals surface area (Å²) in [6.07, 6.45) is 2.70. The first-order chi connectivity index (χ1) is 13.0. The Labute approximate surface area is 156 Å². The van der Waals surface area contributed by atoms with Gasteiger partial charge in [-0.3, -0.25) is 14.0 Å². The normalized spacial score (nSPS) is 11.2. The number of rotatable bonds is 3. The molecule has 0 spiro atoms. The Morgan fingerprint density at radius 2 is 1.89 bits per heavy atom. The molecule has 3 aromatic heterocycles. The van der Waals surface area contributed by atoms with Gasteiger partial charge in [-0.15, -0.1) is 0 Å². The van der Waals surface area contributed by atoms with E-state index in [1.807, 2.05) is 37.3 Å². The number of aryl methyl sites for hydroxylation is 3. The minimum atomic E-state index is -0.274. The number of nitrogens with one attached hydrogen (secondary N) is 1. The molecule has 6 heteroatoms. The van der Waals surface area contributed by atoms with E-state index in [9.17, 15) is 9.59 Å². The van der Waals surface area contributed by atoms with Crippen LogP contribution in [-0.2, 0) is 13.5 Å². The molecule has 1 N–H and O–H groups in total. The Morgan fingerprint density at radius 3 is 2.59 bits per heavy atom. The molecule has 0 aliphatic heterocycles. The van der Waals surface area contributed by atoms with Crippen LogP contribution in [0.3, 0.4) is 0 Å². The summed E-state index contributed by atoms with van der Waals surface area (Å²) in [5, 5.41) is 3.31. The van der Waals surface area contributed by atoms with E-state index in [2.05, 4.69) is 17.2 Å². The molecule has 0 fully saturated rings. The summed E-state index contributed by atoms with van der Waals surface area (Å²) in [5.74, 6) is -0.274. The van der Waals surface area contributed by atoms with E-state index < -0.39 is 0 Å². The molecule has 27 heavy (non-hydrogen) atoms. The van der Waals surface area contributed by atoms with Crippen LogP contribution in [0.2, 0.25) is 0 Å². The number of carbonyl (C=O) groups is 1. The van der Waals surface area contributed by atoms with E-state index in [-0.39, 0.29) is 11.5 Å². The van der Waals surface area contributed by atoms with Gasteiger partial charge in [0.15, 0.2) is 0 Å². The highest BCUT2D eigenvalue weighted by molar-refractivity contribution is 6.06. The Morgan fingerprint density at radius 1 is 1.15 bits per heavy atom. The van der Waals surface area contributed by atoms with Gasteiger partial charge >= 0.3 is 0 Å². The van der Waals surface area contributed by atoms with Gasteiger partial charge < -0.3 is 9.88 Å². The molecule has 0 radical (unpaired) electrons. The number of pyridine rings is 1. The van der Waals surface area contributed by atoms with Gasteiger partial charge in [0.1, 0.15) is 17.0 Å². The van der Waals surface area contributed by atoms with Crippen molar-refractivity contribution in [1.29, 1.82) is 0 Å². The van der Waals surface area contributed by atoms with Crippen LogP contribution >= 0.6 is 0 Å². The number of carbonyl (C=O) groups excluding carboxylic acids is 1. The lowest BCUT2D eigenvalue weighted by Crippen LogP contribution is -2.16. The molecule has 136 valence electrons. The number of hydrogen-bond acceptors (Lipinski definition) is 3. The first-order valence-corrected chi connectivity index (χ1v) is 8.86. The van der Waals surface area contributed by atoms with Crippen LogP contribution in [0.15, 0.2) is 53.5 Å². The predicted octanol–water partition coefficient (Wildman–Crippen LogP) is 3.31. The van der Waals surface area contributed by atoms with Gasteiger partial charge in [-0.05, 0) is 48.7 Å². The lowest BCUT2D eigenvalue weighted by atomic mass is 10.1. The second-order valence-electron chi connectivity index (χ2n) is 6.68. The zero-order valence-corrected chi connectivity index (χ0v) is 15.5. The lowest BCUT2D eigenvalue weighted by molar-refractivity contribution is 0.101. The van der Waals surface area contributed by atoms with Crippen LogP contribution in [0.1, 0.15) is 28.5 Å². The van der Waals surface area contributed by atoms with Gasteiger partial charge in [0.05, 0.1) is 5.39 Å². The molecule has 0 saturated carbocycles. The van der Waals surface area contributed by atoms with Crippen molar-refractivity contribution in [2.75, 3.05) is 5.32 Å². The van der Waals surface area contributed by atoms with Gasteiger partial charge in [-0.1, -0.05) is 25.1 Å². The predicted molar refractivity (Wildman–Crippen MR) is 106 cm³/mol. The minimum Gasteiger partial charge on any atom is -0.324 e. The summed E-state index contributed by atoms with van der Waals surface area (Å²) in [6.45, 7) is 4.00. The Hall–Kier alpha value is -3.41. The highest BCUT2D eigenvalue weighted by Crippen LogP contribution is 2.17. The number of hydrogen-bond donors (Lipinski definition) is 1. The molecule has 3 heterocycles. The van der Waals surface area contributed by atoms with Crippen LogP contribution in [0.4, 0.5) is 5.69 Å². The Balaban J connectivity index is 1.78. The molecule has 4 rings (SSSR count). The quantitative estimate of drug-likeness (QED) is 0.609. The molecular formula is C21H20N4O2. The molecule has 1 amide bonds. The molecular weight excluding hydrogens is 340 g/mol. The third kappa shape index (κ3) is 2.89. The van der Waals surface area contributed by atoms with Crippen molar-refractivity contribution in [3.8, 4) is 0 Å². The summed E-state index contributed by atoms with van der Waals surface area (Å²) in [4.78, 5) is 30.1. The number of nitrogens with zero attached hydrogens (tertiary/aromatic N) is 3. The minimum absolute atomic E-state index is 0.180. The largest absolute Gasteiger partial charge is 0.324 e. The third-order valence-electron chi connectivity index (χ3n) is 4.80. The van der Waals surface area contributed by atoms with Gasteiger partial charge in [0.25, 0.3) is 11.5 Å². The first kappa shape index (κ1) is 17.0. The molecule has 0 aliphatic rings. The van der Waals surface area contributed by atoms with Crippen molar-refractivity contribution < 1.29 is 4.79 Å². The van der Waals surface area contributed by atoms with Crippen LogP contribution in [-0.4, -0.2) is 19.9 Å². The van der Waals surface area contributed by atoms with Crippen LogP contribution in [0.25, 0.3) is 16.7 Å². The van der Waals surface area contributed by atoms with Crippen molar-refractivity contribution >= 4 is 28.3 Å². The molecule has 0 atom stereocenters. The van der Waals surface area contributed by atoms with Crippen LogP contribution < -0.4 is 10.9 Å². The van der Waals surface area contributed by atoms with E-state index in [4.69, 9.17) is 0 Å². The van der Waals surface area contributed by atoms with Gasteiger partial charge in [0.2, 0.25) is 0 Å². The van der Waals surface area contributed by atoms with E-state index in [0.717, 1.165) is 12.0 Å². The van der Waals surface area contributed by atoms with Crippen LogP contribution in [0.5, 0.6) is 0 Å². The highest BCUT2D eigenvalue weighted by atomic mass is 16.2. The van der Waals surface area contributed by atoms with Crippen molar-refractivity contribution in [2.24, 2.45) is 7.05 Å². The zero-order chi connectivity index (χ0) is 19.1. The maximum atomic E-state index is 12.8. The number of aromatic nitrogens is 3. The molecule has 1 aromatic carbocycles. The second kappa shape index (κ2) is 6.39. The lowest BCUT2D eigenvalue weighted by Gasteiger charge is -2.07. The summed E-state index contributed by atoms with van der Waals surface area (Å²) in [6, 6.07) is 13.0. The zero-order valence-electron chi connectivity index (χ0n) is 15.5. The van der Waals surface area contributed by atoms with E-state index >= 15 is 0 Å². The monoisotopic (exact) mass is 360 g/mol. The number of benzene rings is 1. The molecule has 0 unspecified atom stereocenters. The summed E-state index contributed by atoms with van der Waals surface area (Å²) < 4.78 is 3.18. The van der Waals surface area contributed by atoms with E-state index in [1.165, 1.54) is 9.96 Å². The number of amides is 1. The fourth-order valence-corrected chi connectivity index (χ4v) is 3.21. The van der Waals surface area contributed by atoms with Crippen LogP contribution in [0, 0.1) is 6.92 Å². The molecule has 0 bridgehead atoms. The fraction of sp³-hybridized carbons (Fsp3) is 0.190. The molecule has 6 nitrogen and oxygen atoms in total. The second-order valence-corrected chi connectivity index (χ2v) is 6.68. The summed E-state index contributed by atoms with van der Waals surface area (Å²) in [5.41, 5.74) is 4.15. The maximum absolute atomic E-state index is 12.8. The summed E-state index contributed by atoms with van der Waals surface area (Å²) >= 11 is 0. The molecule has 4 aromatic rings. The highest BCUT2D eigenvalue weighted by Gasteiger charge is 2.18. The standard InChI is InChI=1S/C21H20N4O2/c1-4-14-6-8-15(9-7-14)22-20(26)17-11-16-19(24(17)3)23-18-10-5-13(2)12-25(18)21(16)27/h5-12H,4H2,1-3H3,(H,22,26).